The highest BCUT2D eigenvalue weighted by molar-refractivity contribution is 6.52. The molecule has 3 nitrogen and oxygen atoms in total. The van der Waals surface area contributed by atoms with E-state index >= 15 is 0 Å². The van der Waals surface area contributed by atoms with Crippen molar-refractivity contribution in [3.05, 3.63) is 65.8 Å². The van der Waals surface area contributed by atoms with Gasteiger partial charge in [-0.05, 0) is 49.8 Å². The predicted octanol–water partition coefficient (Wildman–Crippen LogP) is 4.54. The number of hydrogen-bond acceptors (Lipinski definition) is 2. The van der Waals surface area contributed by atoms with Crippen LogP contribution in [0.15, 0.2) is 60.2 Å². The number of alkyl halides is 1. The summed E-state index contributed by atoms with van der Waals surface area (Å²) in [4.78, 5) is 26.1. The highest BCUT2D eigenvalue weighted by atomic mass is 35.5. The Kier molecular flexibility index (Phi) is 4.96. The highest BCUT2D eigenvalue weighted by Gasteiger charge is 2.44. The van der Waals surface area contributed by atoms with Crippen LogP contribution in [0.25, 0.3) is 0 Å². The number of nitrogens with zero attached hydrogens (tertiary/aromatic N) is 1. The maximum atomic E-state index is 12.3. The number of amides is 1. The van der Waals surface area contributed by atoms with Gasteiger partial charge < -0.3 is 4.90 Å². The Balaban J connectivity index is 1.75. The number of anilines is 1. The number of hydrogen-bond donors (Lipinski definition) is 0. The first-order valence-corrected chi connectivity index (χ1v) is 8.96. The molecule has 1 aliphatic carbocycles. The summed E-state index contributed by atoms with van der Waals surface area (Å²) in [5, 5.41) is -0.0321. The summed E-state index contributed by atoms with van der Waals surface area (Å²) in [6, 6.07) is 7.21. The molecule has 25 heavy (non-hydrogen) atoms. The van der Waals surface area contributed by atoms with Crippen LogP contribution >= 0.6 is 11.6 Å². The largest absolute Gasteiger partial charge is 0.304 e. The molecule has 1 aromatic carbocycles. The molecule has 0 saturated heterocycles. The van der Waals surface area contributed by atoms with Crippen LogP contribution in [0.5, 0.6) is 0 Å². The van der Waals surface area contributed by atoms with Crippen LogP contribution < -0.4 is 4.90 Å². The van der Waals surface area contributed by atoms with Gasteiger partial charge in [0.05, 0.1) is 11.3 Å². The third-order valence-electron chi connectivity index (χ3n) is 4.61. The number of Topliss-reactive ketones (excluding diaryl/α,β-unsaturated/α-hetero) is 1. The molecule has 3 atom stereocenters. The summed E-state index contributed by atoms with van der Waals surface area (Å²) >= 11 is 6.02. The van der Waals surface area contributed by atoms with Gasteiger partial charge in [0.1, 0.15) is 0 Å². The normalized spacial score (nSPS) is 24.0. The molecule has 4 heteroatoms. The first kappa shape index (κ1) is 17.7. The number of carbonyl (C=O) groups excluding carboxylic acids is 2. The van der Waals surface area contributed by atoms with Gasteiger partial charge in [0, 0.05) is 11.9 Å². The van der Waals surface area contributed by atoms with E-state index in [4.69, 9.17) is 11.6 Å². The molecule has 130 valence electrons. The number of fused-ring (bicyclic) bond motifs is 1. The second-order valence-electron chi connectivity index (χ2n) is 6.89. The molecule has 3 unspecified atom stereocenters. The second kappa shape index (κ2) is 7.01. The van der Waals surface area contributed by atoms with Crippen molar-refractivity contribution in [1.82, 2.24) is 0 Å². The zero-order valence-electron chi connectivity index (χ0n) is 14.5. The van der Waals surface area contributed by atoms with Crippen LogP contribution in [-0.2, 0) is 4.79 Å². The van der Waals surface area contributed by atoms with E-state index in [1.807, 2.05) is 32.1 Å². The quantitative estimate of drug-likeness (QED) is 0.427. The van der Waals surface area contributed by atoms with Crippen LogP contribution in [0, 0.1) is 11.8 Å². The number of benzene rings is 1. The Morgan fingerprint density at radius 3 is 2.80 bits per heavy atom. The van der Waals surface area contributed by atoms with E-state index in [0.717, 1.165) is 17.7 Å². The lowest BCUT2D eigenvalue weighted by Crippen LogP contribution is -2.32. The first-order chi connectivity index (χ1) is 11.9. The molecule has 0 spiro atoms. The minimum absolute atomic E-state index is 0.0321. The van der Waals surface area contributed by atoms with Crippen molar-refractivity contribution >= 4 is 29.0 Å². The Morgan fingerprint density at radius 2 is 2.12 bits per heavy atom. The molecule has 0 radical (unpaired) electrons. The lowest BCUT2D eigenvalue weighted by molar-refractivity contribution is -0.114. The van der Waals surface area contributed by atoms with Crippen LogP contribution in [0.1, 0.15) is 30.6 Å². The minimum atomic E-state index is -0.415. The monoisotopic (exact) mass is 355 g/mol. The van der Waals surface area contributed by atoms with E-state index in [0.29, 0.717) is 23.9 Å². The number of ketones is 1. The van der Waals surface area contributed by atoms with Crippen LogP contribution in [0.3, 0.4) is 0 Å². The number of allylic oxidation sites excluding steroid dienone is 5. The number of carbonyl (C=O) groups is 2. The molecule has 1 aromatic rings. The summed E-state index contributed by atoms with van der Waals surface area (Å²) < 4.78 is 0. The van der Waals surface area contributed by atoms with E-state index in [2.05, 4.69) is 18.7 Å². The number of para-hydroxylation sites is 1. The third-order valence-corrected chi connectivity index (χ3v) is 4.76. The van der Waals surface area contributed by atoms with Gasteiger partial charge in [0.25, 0.3) is 11.7 Å². The average Bonchev–Trinajstić information content (AvgIpc) is 3.29. The van der Waals surface area contributed by atoms with Gasteiger partial charge in [0.2, 0.25) is 0 Å². The van der Waals surface area contributed by atoms with Gasteiger partial charge in [-0.25, -0.2) is 0 Å². The topological polar surface area (TPSA) is 37.4 Å². The van der Waals surface area contributed by atoms with Crippen molar-refractivity contribution in [1.29, 1.82) is 0 Å². The van der Waals surface area contributed by atoms with Crippen molar-refractivity contribution < 1.29 is 9.59 Å². The Hall–Kier alpha value is -2.13. The fourth-order valence-electron chi connectivity index (χ4n) is 3.33. The van der Waals surface area contributed by atoms with Crippen molar-refractivity contribution in [2.24, 2.45) is 11.8 Å². The van der Waals surface area contributed by atoms with Gasteiger partial charge in [-0.1, -0.05) is 42.5 Å². The zero-order chi connectivity index (χ0) is 18.1. The summed E-state index contributed by atoms with van der Waals surface area (Å²) in [7, 11) is 0. The fraction of sp³-hybridized carbons (Fsp3) is 0.333. The molecule has 1 saturated carbocycles. The SMILES string of the molecule is C=C(C)/C=C(\C=C/C(C)Cl)C1CC1CN1C(=O)C(=O)c2ccccc21. The van der Waals surface area contributed by atoms with Gasteiger partial charge >= 0.3 is 0 Å². The smallest absolute Gasteiger partial charge is 0.299 e. The summed E-state index contributed by atoms with van der Waals surface area (Å²) in [6.45, 7) is 8.42. The molecule has 3 rings (SSSR count). The van der Waals surface area contributed by atoms with E-state index in [9.17, 15) is 9.59 Å². The van der Waals surface area contributed by atoms with Crippen LogP contribution in [-0.4, -0.2) is 23.6 Å². The molecule has 2 aliphatic rings. The van der Waals surface area contributed by atoms with Gasteiger partial charge in [0.15, 0.2) is 0 Å². The molecular formula is C21H22ClNO2. The van der Waals surface area contributed by atoms with Gasteiger partial charge in [-0.2, -0.15) is 0 Å². The van der Waals surface area contributed by atoms with Gasteiger partial charge in [-0.3, -0.25) is 9.59 Å². The van der Waals surface area contributed by atoms with Crippen molar-refractivity contribution in [2.45, 2.75) is 25.6 Å². The van der Waals surface area contributed by atoms with Crippen molar-refractivity contribution in [3.8, 4) is 0 Å². The zero-order valence-corrected chi connectivity index (χ0v) is 15.3. The maximum Gasteiger partial charge on any atom is 0.299 e. The minimum Gasteiger partial charge on any atom is -0.304 e. The van der Waals surface area contributed by atoms with Crippen LogP contribution in [0.2, 0.25) is 0 Å². The number of rotatable bonds is 6. The molecule has 1 fully saturated rings. The lowest BCUT2D eigenvalue weighted by Gasteiger charge is -2.16. The number of halogens is 1. The molecule has 0 N–H and O–H groups in total. The van der Waals surface area contributed by atoms with E-state index < -0.39 is 11.7 Å². The average molecular weight is 356 g/mol. The fourth-order valence-corrected chi connectivity index (χ4v) is 3.40. The molecular weight excluding hydrogens is 334 g/mol. The van der Waals surface area contributed by atoms with Crippen LogP contribution in [0.4, 0.5) is 5.69 Å². The summed E-state index contributed by atoms with van der Waals surface area (Å²) in [5.41, 5.74) is 3.43. The third kappa shape index (κ3) is 3.77. The predicted molar refractivity (Wildman–Crippen MR) is 102 cm³/mol. The molecule has 1 amide bonds. The first-order valence-electron chi connectivity index (χ1n) is 8.53. The Labute approximate surface area is 153 Å². The molecule has 1 aliphatic heterocycles. The molecule has 0 bridgehead atoms. The Morgan fingerprint density at radius 1 is 1.40 bits per heavy atom. The second-order valence-corrected chi connectivity index (χ2v) is 7.58. The standard InChI is InChI=1S/C21H22ClNO2/c1-13(2)10-15(9-8-14(3)22)18-11-16(18)12-23-19-7-5-4-6-17(19)20(24)21(23)25/h4-10,14,16,18H,1,11-12H2,2-3H3/b9-8-,15-10+. The summed E-state index contributed by atoms with van der Waals surface area (Å²) in [5.74, 6) is -0.0913. The van der Waals surface area contributed by atoms with Gasteiger partial charge in [-0.15, -0.1) is 11.6 Å². The van der Waals surface area contributed by atoms with Crippen molar-refractivity contribution in [2.75, 3.05) is 11.4 Å². The molecule has 0 aromatic heterocycles. The lowest BCUT2D eigenvalue weighted by atomic mass is 10.1. The van der Waals surface area contributed by atoms with E-state index in [-0.39, 0.29) is 5.38 Å². The van der Waals surface area contributed by atoms with E-state index in [1.54, 1.807) is 17.0 Å². The highest BCUT2D eigenvalue weighted by Crippen LogP contribution is 2.47. The Bertz CT molecular complexity index is 791. The molecule has 1 heterocycles. The van der Waals surface area contributed by atoms with Crippen molar-refractivity contribution in [3.63, 3.8) is 0 Å². The van der Waals surface area contributed by atoms with E-state index in [1.165, 1.54) is 5.57 Å². The summed E-state index contributed by atoms with van der Waals surface area (Å²) in [6.07, 6.45) is 7.10. The maximum absolute atomic E-state index is 12.3.